The predicted octanol–water partition coefficient (Wildman–Crippen LogP) is 3.00. The van der Waals surface area contributed by atoms with E-state index in [0.29, 0.717) is 13.1 Å². The Labute approximate surface area is 99.5 Å². The van der Waals surface area contributed by atoms with Crippen LogP contribution in [0.5, 0.6) is 0 Å². The first-order valence-corrected chi connectivity index (χ1v) is 5.46. The maximum atomic E-state index is 13.4. The van der Waals surface area contributed by atoms with Crippen molar-refractivity contribution >= 4 is 5.91 Å². The molecule has 0 N–H and O–H groups in total. The first-order valence-electron chi connectivity index (χ1n) is 5.46. The molecular formula is C13H15F2NO. The summed E-state index contributed by atoms with van der Waals surface area (Å²) in [5.41, 5.74) is -0.236. The lowest BCUT2D eigenvalue weighted by Gasteiger charge is -2.20. The van der Waals surface area contributed by atoms with Gasteiger partial charge in [-0.1, -0.05) is 19.1 Å². The van der Waals surface area contributed by atoms with Gasteiger partial charge in [0.05, 0.1) is 5.56 Å². The average molecular weight is 239 g/mol. The van der Waals surface area contributed by atoms with E-state index in [0.717, 1.165) is 12.5 Å². The van der Waals surface area contributed by atoms with E-state index < -0.39 is 17.5 Å². The van der Waals surface area contributed by atoms with Crippen molar-refractivity contribution in [3.8, 4) is 0 Å². The standard InChI is InChI=1S/C13H15F2NO/c1-3-8-16(9-4-2)13(17)10-6-5-7-11(14)12(10)15/h3,5-7H,1,4,8-9H2,2H3. The van der Waals surface area contributed by atoms with Crippen molar-refractivity contribution in [1.82, 2.24) is 4.90 Å². The number of rotatable bonds is 5. The van der Waals surface area contributed by atoms with Crippen LogP contribution in [0, 0.1) is 11.6 Å². The van der Waals surface area contributed by atoms with Gasteiger partial charge >= 0.3 is 0 Å². The van der Waals surface area contributed by atoms with Crippen LogP contribution in [-0.4, -0.2) is 23.9 Å². The molecule has 0 atom stereocenters. The zero-order chi connectivity index (χ0) is 12.8. The zero-order valence-corrected chi connectivity index (χ0v) is 9.75. The molecule has 0 spiro atoms. The normalized spacial score (nSPS) is 10.1. The molecule has 1 aromatic carbocycles. The highest BCUT2D eigenvalue weighted by molar-refractivity contribution is 5.94. The molecule has 92 valence electrons. The van der Waals surface area contributed by atoms with E-state index in [1.807, 2.05) is 6.92 Å². The third kappa shape index (κ3) is 3.12. The van der Waals surface area contributed by atoms with E-state index in [4.69, 9.17) is 0 Å². The van der Waals surface area contributed by atoms with Crippen molar-refractivity contribution in [3.63, 3.8) is 0 Å². The predicted molar refractivity (Wildman–Crippen MR) is 62.7 cm³/mol. The van der Waals surface area contributed by atoms with Gasteiger partial charge in [-0.2, -0.15) is 0 Å². The van der Waals surface area contributed by atoms with Crippen LogP contribution in [-0.2, 0) is 0 Å². The molecule has 2 nitrogen and oxygen atoms in total. The molecule has 0 aliphatic heterocycles. The van der Waals surface area contributed by atoms with Crippen LogP contribution in [0.4, 0.5) is 8.78 Å². The monoisotopic (exact) mass is 239 g/mol. The van der Waals surface area contributed by atoms with Gasteiger partial charge in [0.2, 0.25) is 0 Å². The lowest BCUT2D eigenvalue weighted by atomic mass is 10.1. The van der Waals surface area contributed by atoms with E-state index >= 15 is 0 Å². The van der Waals surface area contributed by atoms with Crippen molar-refractivity contribution in [2.45, 2.75) is 13.3 Å². The molecule has 0 saturated carbocycles. The molecule has 1 amide bonds. The summed E-state index contributed by atoms with van der Waals surface area (Å²) < 4.78 is 26.5. The highest BCUT2D eigenvalue weighted by atomic mass is 19.2. The molecular weight excluding hydrogens is 224 g/mol. The summed E-state index contributed by atoms with van der Waals surface area (Å²) in [6.45, 7) is 6.25. The topological polar surface area (TPSA) is 20.3 Å². The van der Waals surface area contributed by atoms with Crippen LogP contribution in [0.1, 0.15) is 23.7 Å². The molecule has 17 heavy (non-hydrogen) atoms. The maximum absolute atomic E-state index is 13.4. The van der Waals surface area contributed by atoms with Gasteiger partial charge in [-0.3, -0.25) is 4.79 Å². The fraction of sp³-hybridized carbons (Fsp3) is 0.308. The average Bonchev–Trinajstić information content (AvgIpc) is 2.31. The van der Waals surface area contributed by atoms with Crippen LogP contribution in [0.25, 0.3) is 0 Å². The molecule has 0 heterocycles. The second-order valence-electron chi connectivity index (χ2n) is 3.64. The summed E-state index contributed by atoms with van der Waals surface area (Å²) in [6, 6.07) is 3.60. The van der Waals surface area contributed by atoms with Crippen molar-refractivity contribution in [1.29, 1.82) is 0 Å². The zero-order valence-electron chi connectivity index (χ0n) is 9.75. The van der Waals surface area contributed by atoms with Crippen molar-refractivity contribution in [2.24, 2.45) is 0 Å². The number of hydrogen-bond acceptors (Lipinski definition) is 1. The minimum absolute atomic E-state index is 0.236. The van der Waals surface area contributed by atoms with E-state index in [2.05, 4.69) is 6.58 Å². The summed E-state index contributed by atoms with van der Waals surface area (Å²) in [5, 5.41) is 0. The highest BCUT2D eigenvalue weighted by Gasteiger charge is 2.19. The SMILES string of the molecule is C=CCN(CCC)C(=O)c1cccc(F)c1F. The lowest BCUT2D eigenvalue weighted by molar-refractivity contribution is 0.0768. The lowest BCUT2D eigenvalue weighted by Crippen LogP contribution is -2.32. The Kier molecular flexibility index (Phi) is 4.82. The number of benzene rings is 1. The van der Waals surface area contributed by atoms with Crippen molar-refractivity contribution < 1.29 is 13.6 Å². The Morgan fingerprint density at radius 3 is 2.76 bits per heavy atom. The van der Waals surface area contributed by atoms with Crippen LogP contribution in [0.2, 0.25) is 0 Å². The number of nitrogens with zero attached hydrogens (tertiary/aromatic N) is 1. The molecule has 0 bridgehead atoms. The quantitative estimate of drug-likeness (QED) is 0.723. The Morgan fingerprint density at radius 1 is 1.47 bits per heavy atom. The molecule has 1 rings (SSSR count). The molecule has 0 radical (unpaired) electrons. The Morgan fingerprint density at radius 2 is 2.18 bits per heavy atom. The molecule has 0 fully saturated rings. The molecule has 0 aliphatic rings. The van der Waals surface area contributed by atoms with Crippen molar-refractivity contribution in [3.05, 3.63) is 48.1 Å². The molecule has 4 heteroatoms. The minimum atomic E-state index is -1.09. The fourth-order valence-corrected chi connectivity index (χ4v) is 1.54. The summed E-state index contributed by atoms with van der Waals surface area (Å²) >= 11 is 0. The number of halogens is 2. The summed E-state index contributed by atoms with van der Waals surface area (Å²) in [5.74, 6) is -2.61. The molecule has 0 saturated heterocycles. The third-order valence-electron chi connectivity index (χ3n) is 2.31. The number of hydrogen-bond donors (Lipinski definition) is 0. The first-order chi connectivity index (χ1) is 8.11. The molecule has 1 aromatic rings. The highest BCUT2D eigenvalue weighted by Crippen LogP contribution is 2.14. The number of amides is 1. The van der Waals surface area contributed by atoms with Gasteiger partial charge < -0.3 is 4.90 Å². The molecule has 0 aromatic heterocycles. The van der Waals surface area contributed by atoms with Crippen LogP contribution < -0.4 is 0 Å². The van der Waals surface area contributed by atoms with E-state index in [-0.39, 0.29) is 5.56 Å². The van der Waals surface area contributed by atoms with Crippen LogP contribution >= 0.6 is 0 Å². The Hall–Kier alpha value is -1.71. The van der Waals surface area contributed by atoms with Gasteiger partial charge in [0.1, 0.15) is 0 Å². The molecule has 0 unspecified atom stereocenters. The molecule has 0 aliphatic carbocycles. The number of carbonyl (C=O) groups is 1. The summed E-state index contributed by atoms with van der Waals surface area (Å²) in [4.78, 5) is 13.4. The second kappa shape index (κ2) is 6.13. The summed E-state index contributed by atoms with van der Waals surface area (Å²) in [7, 11) is 0. The smallest absolute Gasteiger partial charge is 0.257 e. The fourth-order valence-electron chi connectivity index (χ4n) is 1.54. The van der Waals surface area contributed by atoms with E-state index in [9.17, 15) is 13.6 Å². The summed E-state index contributed by atoms with van der Waals surface area (Å²) in [6.07, 6.45) is 2.31. The van der Waals surface area contributed by atoms with Gasteiger partial charge in [-0.05, 0) is 18.6 Å². The Bertz CT molecular complexity index is 418. The van der Waals surface area contributed by atoms with Gasteiger partial charge in [-0.25, -0.2) is 8.78 Å². The second-order valence-corrected chi connectivity index (χ2v) is 3.64. The van der Waals surface area contributed by atoms with Gasteiger partial charge in [0.25, 0.3) is 5.91 Å². The first kappa shape index (κ1) is 13.4. The van der Waals surface area contributed by atoms with Gasteiger partial charge in [0.15, 0.2) is 11.6 Å². The van der Waals surface area contributed by atoms with E-state index in [1.54, 1.807) is 6.08 Å². The largest absolute Gasteiger partial charge is 0.335 e. The maximum Gasteiger partial charge on any atom is 0.257 e. The number of carbonyl (C=O) groups excluding carboxylic acids is 1. The van der Waals surface area contributed by atoms with E-state index in [1.165, 1.54) is 17.0 Å². The van der Waals surface area contributed by atoms with Crippen LogP contribution in [0.15, 0.2) is 30.9 Å². The van der Waals surface area contributed by atoms with Crippen molar-refractivity contribution in [2.75, 3.05) is 13.1 Å². The van der Waals surface area contributed by atoms with Gasteiger partial charge in [-0.15, -0.1) is 6.58 Å². The van der Waals surface area contributed by atoms with Crippen LogP contribution in [0.3, 0.4) is 0 Å². The minimum Gasteiger partial charge on any atom is -0.335 e. The third-order valence-corrected chi connectivity index (χ3v) is 2.31. The Balaban J connectivity index is 3.00. The van der Waals surface area contributed by atoms with Gasteiger partial charge in [0, 0.05) is 13.1 Å².